The van der Waals surface area contributed by atoms with Gasteiger partial charge in [0.2, 0.25) is 5.76 Å². The Balaban J connectivity index is 1.34. The van der Waals surface area contributed by atoms with Gasteiger partial charge in [0.25, 0.3) is 5.91 Å². The van der Waals surface area contributed by atoms with Gasteiger partial charge in [0, 0.05) is 11.5 Å². The van der Waals surface area contributed by atoms with Crippen LogP contribution in [-0.4, -0.2) is 17.7 Å². The minimum absolute atomic E-state index is 0.0572. The van der Waals surface area contributed by atoms with Crippen molar-refractivity contribution in [1.29, 1.82) is 0 Å². The predicted octanol–water partition coefficient (Wildman–Crippen LogP) is 3.78. The highest BCUT2D eigenvalue weighted by Gasteiger charge is 2.12. The van der Waals surface area contributed by atoms with Crippen molar-refractivity contribution in [3.8, 4) is 17.3 Å². The molecule has 0 aliphatic heterocycles. The van der Waals surface area contributed by atoms with Crippen molar-refractivity contribution in [3.05, 3.63) is 72.4 Å². The molecule has 26 heavy (non-hydrogen) atoms. The zero-order chi connectivity index (χ0) is 17.8. The number of aromatic nitrogens is 1. The van der Waals surface area contributed by atoms with Gasteiger partial charge in [-0.3, -0.25) is 4.79 Å². The average molecular weight is 348 g/mol. The number of ether oxygens (including phenoxy) is 1. The molecular weight excluding hydrogens is 332 g/mol. The molecule has 0 spiro atoms. The molecule has 0 unspecified atom stereocenters. The Morgan fingerprint density at radius 3 is 2.65 bits per heavy atom. The predicted molar refractivity (Wildman–Crippen MR) is 95.5 cm³/mol. The monoisotopic (exact) mass is 348 g/mol. The number of carbonyl (C=O) groups excluding carboxylic acids is 1. The number of fused-ring (bicyclic) bond motifs is 1. The summed E-state index contributed by atoms with van der Waals surface area (Å²) in [4.78, 5) is 11.9. The standard InChI is InChI=1S/C20H16N2O4/c23-20(13-24-16-7-2-1-3-8-16)21-12-15-11-19(26-22-15)18-10-14-6-4-5-9-17(14)25-18/h1-11H,12-13H2,(H,21,23). The SMILES string of the molecule is O=C(COc1ccccc1)NCc1cc(-c2cc3ccccc3o2)on1. The van der Waals surface area contributed by atoms with E-state index in [1.165, 1.54) is 0 Å². The number of nitrogens with one attached hydrogen (secondary N) is 1. The van der Waals surface area contributed by atoms with Gasteiger partial charge in [0.1, 0.15) is 17.0 Å². The molecule has 0 aliphatic rings. The van der Waals surface area contributed by atoms with Gasteiger partial charge in [-0.2, -0.15) is 0 Å². The van der Waals surface area contributed by atoms with E-state index in [-0.39, 0.29) is 19.1 Å². The molecule has 2 heterocycles. The molecule has 130 valence electrons. The molecule has 0 bridgehead atoms. The minimum atomic E-state index is -0.234. The van der Waals surface area contributed by atoms with Gasteiger partial charge in [0.05, 0.1) is 6.54 Å². The van der Waals surface area contributed by atoms with Crippen molar-refractivity contribution in [2.24, 2.45) is 0 Å². The molecule has 0 aliphatic carbocycles. The Morgan fingerprint density at radius 1 is 1.00 bits per heavy atom. The van der Waals surface area contributed by atoms with E-state index in [9.17, 15) is 4.79 Å². The summed E-state index contributed by atoms with van der Waals surface area (Å²) in [6, 6.07) is 20.5. The van der Waals surface area contributed by atoms with Gasteiger partial charge in [-0.05, 0) is 24.3 Å². The molecule has 6 nitrogen and oxygen atoms in total. The van der Waals surface area contributed by atoms with Gasteiger partial charge < -0.3 is 19.0 Å². The smallest absolute Gasteiger partial charge is 0.258 e. The first-order chi connectivity index (χ1) is 12.8. The van der Waals surface area contributed by atoms with E-state index in [0.29, 0.717) is 23.0 Å². The molecule has 0 atom stereocenters. The van der Waals surface area contributed by atoms with Crippen LogP contribution in [0.3, 0.4) is 0 Å². The van der Waals surface area contributed by atoms with Gasteiger partial charge in [-0.25, -0.2) is 0 Å². The van der Waals surface area contributed by atoms with E-state index in [1.54, 1.807) is 18.2 Å². The zero-order valence-electron chi connectivity index (χ0n) is 13.8. The van der Waals surface area contributed by atoms with Crippen LogP contribution < -0.4 is 10.1 Å². The number of amides is 1. The molecule has 1 N–H and O–H groups in total. The van der Waals surface area contributed by atoms with Crippen LogP contribution in [0.1, 0.15) is 5.69 Å². The van der Waals surface area contributed by atoms with Crippen LogP contribution in [-0.2, 0) is 11.3 Å². The quantitative estimate of drug-likeness (QED) is 0.574. The Bertz CT molecular complexity index is 987. The minimum Gasteiger partial charge on any atom is -0.484 e. The fraction of sp³-hybridized carbons (Fsp3) is 0.100. The van der Waals surface area contributed by atoms with E-state index >= 15 is 0 Å². The van der Waals surface area contributed by atoms with Crippen LogP contribution in [0.25, 0.3) is 22.5 Å². The van der Waals surface area contributed by atoms with Gasteiger partial charge in [-0.15, -0.1) is 0 Å². The fourth-order valence-corrected chi connectivity index (χ4v) is 2.52. The normalized spacial score (nSPS) is 10.8. The maximum atomic E-state index is 11.9. The lowest BCUT2D eigenvalue weighted by Crippen LogP contribution is -2.28. The Labute approximate surface area is 149 Å². The molecule has 2 aromatic heterocycles. The molecule has 0 radical (unpaired) electrons. The molecule has 4 rings (SSSR count). The average Bonchev–Trinajstić information content (AvgIpc) is 3.32. The first kappa shape index (κ1) is 16.0. The lowest BCUT2D eigenvalue weighted by atomic mass is 10.2. The maximum absolute atomic E-state index is 11.9. The largest absolute Gasteiger partial charge is 0.484 e. The first-order valence-corrected chi connectivity index (χ1v) is 8.17. The van der Waals surface area contributed by atoms with Gasteiger partial charge >= 0.3 is 0 Å². The number of hydrogen-bond acceptors (Lipinski definition) is 5. The second kappa shape index (κ2) is 7.14. The Kier molecular flexibility index (Phi) is 4.38. The van der Waals surface area contributed by atoms with Crippen LogP contribution in [0.2, 0.25) is 0 Å². The second-order valence-corrected chi connectivity index (χ2v) is 5.71. The third-order valence-electron chi connectivity index (χ3n) is 3.81. The summed E-state index contributed by atoms with van der Waals surface area (Å²) in [5.74, 6) is 1.54. The summed E-state index contributed by atoms with van der Waals surface area (Å²) in [6.45, 7) is 0.193. The Morgan fingerprint density at radius 2 is 1.81 bits per heavy atom. The highest BCUT2D eigenvalue weighted by atomic mass is 16.5. The van der Waals surface area contributed by atoms with Crippen molar-refractivity contribution in [2.45, 2.75) is 6.54 Å². The van der Waals surface area contributed by atoms with E-state index in [2.05, 4.69) is 10.5 Å². The van der Waals surface area contributed by atoms with Crippen molar-refractivity contribution >= 4 is 16.9 Å². The molecule has 6 heteroatoms. The van der Waals surface area contributed by atoms with Crippen molar-refractivity contribution in [1.82, 2.24) is 10.5 Å². The summed E-state index contributed by atoms with van der Waals surface area (Å²) in [7, 11) is 0. The number of nitrogens with zero attached hydrogens (tertiary/aromatic N) is 1. The molecule has 2 aromatic carbocycles. The lowest BCUT2D eigenvalue weighted by Gasteiger charge is -2.05. The second-order valence-electron chi connectivity index (χ2n) is 5.71. The fourth-order valence-electron chi connectivity index (χ4n) is 2.52. The van der Waals surface area contributed by atoms with Crippen LogP contribution in [0.4, 0.5) is 0 Å². The molecule has 0 saturated heterocycles. The van der Waals surface area contributed by atoms with Crippen molar-refractivity contribution < 1.29 is 18.5 Å². The molecule has 0 fully saturated rings. The molecular formula is C20H16N2O4. The van der Waals surface area contributed by atoms with Crippen LogP contribution in [0.15, 0.2) is 75.7 Å². The number of hydrogen-bond donors (Lipinski definition) is 1. The number of para-hydroxylation sites is 2. The summed E-state index contributed by atoms with van der Waals surface area (Å²) in [5, 5.41) is 7.70. The van der Waals surface area contributed by atoms with Crippen molar-refractivity contribution in [2.75, 3.05) is 6.61 Å². The summed E-state index contributed by atoms with van der Waals surface area (Å²) < 4.78 is 16.4. The van der Waals surface area contributed by atoms with Gasteiger partial charge in [0.15, 0.2) is 12.4 Å². The molecule has 1 amide bonds. The molecule has 4 aromatic rings. The van der Waals surface area contributed by atoms with Crippen molar-refractivity contribution in [3.63, 3.8) is 0 Å². The number of furan rings is 1. The maximum Gasteiger partial charge on any atom is 0.258 e. The summed E-state index contributed by atoms with van der Waals surface area (Å²) in [5.41, 5.74) is 1.39. The highest BCUT2D eigenvalue weighted by Crippen LogP contribution is 2.28. The topological polar surface area (TPSA) is 77.5 Å². The van der Waals surface area contributed by atoms with E-state index in [1.807, 2.05) is 48.5 Å². The summed E-state index contributed by atoms with van der Waals surface area (Å²) >= 11 is 0. The summed E-state index contributed by atoms with van der Waals surface area (Å²) in [6.07, 6.45) is 0. The Hall–Kier alpha value is -3.54. The highest BCUT2D eigenvalue weighted by molar-refractivity contribution is 5.81. The first-order valence-electron chi connectivity index (χ1n) is 8.17. The van der Waals surface area contributed by atoms with Gasteiger partial charge in [-0.1, -0.05) is 41.6 Å². The van der Waals surface area contributed by atoms with Crippen LogP contribution >= 0.6 is 0 Å². The number of carbonyl (C=O) groups is 1. The number of rotatable bonds is 6. The van der Waals surface area contributed by atoms with Crippen LogP contribution in [0, 0.1) is 0 Å². The third-order valence-corrected chi connectivity index (χ3v) is 3.81. The number of benzene rings is 2. The lowest BCUT2D eigenvalue weighted by molar-refractivity contribution is -0.123. The van der Waals surface area contributed by atoms with E-state index in [4.69, 9.17) is 13.7 Å². The van der Waals surface area contributed by atoms with E-state index in [0.717, 1.165) is 11.0 Å². The van der Waals surface area contributed by atoms with E-state index < -0.39 is 0 Å². The zero-order valence-corrected chi connectivity index (χ0v) is 13.8. The molecule has 0 saturated carbocycles. The van der Waals surface area contributed by atoms with Crippen LogP contribution in [0.5, 0.6) is 5.75 Å². The third kappa shape index (κ3) is 3.59.